The van der Waals surface area contributed by atoms with Crippen LogP contribution in [-0.2, 0) is 10.0 Å². The van der Waals surface area contributed by atoms with Gasteiger partial charge >= 0.3 is 6.03 Å². The molecular weight excluding hydrogens is 364 g/mol. The predicted molar refractivity (Wildman–Crippen MR) is 107 cm³/mol. The second-order valence-electron chi connectivity index (χ2n) is 7.18. The molecule has 7 nitrogen and oxygen atoms in total. The van der Waals surface area contributed by atoms with E-state index in [9.17, 15) is 13.2 Å². The third-order valence-corrected chi connectivity index (χ3v) is 5.97. The molecule has 0 saturated carbocycles. The molecule has 2 rings (SSSR count). The van der Waals surface area contributed by atoms with E-state index in [1.165, 1.54) is 18.0 Å². The molecule has 0 aliphatic heterocycles. The number of hydrogen-bond acceptors (Lipinski definition) is 5. The Morgan fingerprint density at radius 1 is 1.26 bits per heavy atom. The van der Waals surface area contributed by atoms with Gasteiger partial charge in [0.05, 0.1) is 5.69 Å². The summed E-state index contributed by atoms with van der Waals surface area (Å²) in [4.78, 5) is 16.5. The van der Waals surface area contributed by atoms with Crippen molar-refractivity contribution in [2.45, 2.75) is 64.4 Å². The molecule has 0 radical (unpaired) electrons. The lowest BCUT2D eigenvalue weighted by molar-refractivity contribution is 0.213. The highest BCUT2D eigenvalue weighted by Gasteiger charge is 2.34. The fraction of sp³-hybridized carbons (Fsp3) is 0.474. The number of sulfonamides is 1. The Morgan fingerprint density at radius 3 is 2.56 bits per heavy atom. The maximum atomic E-state index is 13.3. The van der Waals surface area contributed by atoms with Crippen LogP contribution in [0.1, 0.15) is 47.5 Å². The number of pyridine rings is 1. The third-order valence-electron chi connectivity index (χ3n) is 3.99. The minimum Gasteiger partial charge on any atom is -0.355 e. The summed E-state index contributed by atoms with van der Waals surface area (Å²) in [5.41, 5.74) is 2.45. The van der Waals surface area contributed by atoms with Gasteiger partial charge in [0.15, 0.2) is 0 Å². The number of aromatic nitrogens is 1. The summed E-state index contributed by atoms with van der Waals surface area (Å²) in [6, 6.07) is 0.228. The van der Waals surface area contributed by atoms with Crippen LogP contribution in [0.2, 0.25) is 0 Å². The molecule has 1 aromatic heterocycles. The highest BCUT2D eigenvalue weighted by Crippen LogP contribution is 2.28. The van der Waals surface area contributed by atoms with E-state index in [1.807, 2.05) is 19.1 Å². The van der Waals surface area contributed by atoms with Gasteiger partial charge in [0.25, 0.3) is 10.0 Å². The first-order valence-corrected chi connectivity index (χ1v) is 10.5. The smallest absolute Gasteiger partial charge is 0.331 e. The Balaban J connectivity index is 2.43. The number of allylic oxidation sites excluding steroid dienone is 3. The van der Waals surface area contributed by atoms with Crippen molar-refractivity contribution in [3.63, 3.8) is 0 Å². The molecule has 0 saturated heterocycles. The van der Waals surface area contributed by atoms with Crippen molar-refractivity contribution >= 4 is 21.7 Å². The second kappa shape index (κ2) is 8.56. The number of anilines is 1. The lowest BCUT2D eigenvalue weighted by atomic mass is 10.0. The Labute approximate surface area is 161 Å². The van der Waals surface area contributed by atoms with Crippen LogP contribution < -0.4 is 10.6 Å². The Hall–Kier alpha value is -2.35. The highest BCUT2D eigenvalue weighted by molar-refractivity contribution is 7.89. The minimum absolute atomic E-state index is 0.0323. The van der Waals surface area contributed by atoms with Gasteiger partial charge in [-0.05, 0) is 59.6 Å². The number of nitrogens with zero attached hydrogens (tertiary/aromatic N) is 2. The van der Waals surface area contributed by atoms with E-state index in [0.29, 0.717) is 5.69 Å². The largest absolute Gasteiger partial charge is 0.355 e. The van der Waals surface area contributed by atoms with Crippen molar-refractivity contribution in [1.82, 2.24) is 14.6 Å². The number of carbonyl (C=O) groups is 1. The zero-order valence-corrected chi connectivity index (χ0v) is 17.3. The van der Waals surface area contributed by atoms with E-state index < -0.39 is 22.1 Å². The monoisotopic (exact) mass is 392 g/mol. The van der Waals surface area contributed by atoms with Gasteiger partial charge in [-0.2, -0.15) is 0 Å². The van der Waals surface area contributed by atoms with Crippen LogP contribution in [0.5, 0.6) is 0 Å². The van der Waals surface area contributed by atoms with Gasteiger partial charge in [-0.1, -0.05) is 11.6 Å². The SMILES string of the molecule is CC1=CC(Nc2ccncc2S(=O)(=O)N(C(=O)NC(C)C)C(C)C)=CCC1. The molecule has 2 amide bonds. The molecule has 0 aromatic carbocycles. The van der Waals surface area contributed by atoms with Gasteiger partial charge in [0.1, 0.15) is 4.90 Å². The molecular formula is C19H28N4O3S. The van der Waals surface area contributed by atoms with Crippen molar-refractivity contribution in [2.24, 2.45) is 0 Å². The summed E-state index contributed by atoms with van der Waals surface area (Å²) in [7, 11) is -4.09. The zero-order valence-electron chi connectivity index (χ0n) is 16.5. The van der Waals surface area contributed by atoms with E-state index in [1.54, 1.807) is 33.8 Å². The molecule has 1 aliphatic rings. The standard InChI is InChI=1S/C19H28N4O3S/c1-13(2)21-19(24)23(14(3)4)27(25,26)18-12-20-10-9-17(18)22-16-8-6-7-15(5)11-16/h8-14H,6-7H2,1-5H3,(H,20,22)(H,21,24). The van der Waals surface area contributed by atoms with Gasteiger partial charge in [-0.25, -0.2) is 17.5 Å². The van der Waals surface area contributed by atoms with E-state index >= 15 is 0 Å². The predicted octanol–water partition coefficient (Wildman–Crippen LogP) is 3.63. The Bertz CT molecular complexity index is 857. The van der Waals surface area contributed by atoms with Crippen molar-refractivity contribution in [1.29, 1.82) is 0 Å². The fourth-order valence-corrected chi connectivity index (χ4v) is 4.45. The van der Waals surface area contributed by atoms with Crippen LogP contribution in [0.4, 0.5) is 10.5 Å². The van der Waals surface area contributed by atoms with Crippen molar-refractivity contribution < 1.29 is 13.2 Å². The molecule has 8 heteroatoms. The average Bonchev–Trinajstić information content (AvgIpc) is 2.53. The first-order chi connectivity index (χ1) is 12.6. The van der Waals surface area contributed by atoms with Gasteiger partial charge in [0.2, 0.25) is 0 Å². The maximum Gasteiger partial charge on any atom is 0.331 e. The summed E-state index contributed by atoms with van der Waals surface area (Å²) in [6.45, 7) is 8.93. The molecule has 148 valence electrons. The Kier molecular flexibility index (Phi) is 6.64. The number of urea groups is 1. The molecule has 1 heterocycles. The molecule has 0 atom stereocenters. The van der Waals surface area contributed by atoms with Crippen LogP contribution in [0.15, 0.2) is 46.8 Å². The molecule has 27 heavy (non-hydrogen) atoms. The van der Waals surface area contributed by atoms with E-state index in [0.717, 1.165) is 22.8 Å². The molecule has 2 N–H and O–H groups in total. The normalized spacial score (nSPS) is 14.6. The molecule has 1 aliphatic carbocycles. The molecule has 0 bridgehead atoms. The van der Waals surface area contributed by atoms with E-state index in [-0.39, 0.29) is 10.9 Å². The Morgan fingerprint density at radius 2 is 1.96 bits per heavy atom. The fourth-order valence-electron chi connectivity index (χ4n) is 2.82. The molecule has 0 fully saturated rings. The van der Waals surface area contributed by atoms with E-state index in [2.05, 4.69) is 15.6 Å². The van der Waals surface area contributed by atoms with Gasteiger partial charge in [0, 0.05) is 30.2 Å². The van der Waals surface area contributed by atoms with Crippen LogP contribution in [-0.4, -0.2) is 35.8 Å². The zero-order chi connectivity index (χ0) is 20.2. The van der Waals surface area contributed by atoms with E-state index in [4.69, 9.17) is 0 Å². The van der Waals surface area contributed by atoms with Gasteiger partial charge in [-0.15, -0.1) is 0 Å². The van der Waals surface area contributed by atoms with Crippen LogP contribution >= 0.6 is 0 Å². The number of amides is 2. The van der Waals surface area contributed by atoms with Crippen molar-refractivity contribution in [3.8, 4) is 0 Å². The summed E-state index contributed by atoms with van der Waals surface area (Å²) in [5.74, 6) is 0. The lowest BCUT2D eigenvalue weighted by Crippen LogP contribution is -2.49. The maximum absolute atomic E-state index is 13.3. The highest BCUT2D eigenvalue weighted by atomic mass is 32.2. The lowest BCUT2D eigenvalue weighted by Gasteiger charge is -2.28. The quantitative estimate of drug-likeness (QED) is 0.771. The topological polar surface area (TPSA) is 91.4 Å². The second-order valence-corrected chi connectivity index (χ2v) is 8.97. The number of nitrogens with one attached hydrogen (secondary N) is 2. The summed E-state index contributed by atoms with van der Waals surface area (Å²) < 4.78 is 27.4. The minimum atomic E-state index is -4.09. The number of hydrogen-bond donors (Lipinski definition) is 2. The van der Waals surface area contributed by atoms with Gasteiger partial charge in [-0.3, -0.25) is 4.98 Å². The summed E-state index contributed by atoms with van der Waals surface area (Å²) in [5, 5.41) is 5.82. The van der Waals surface area contributed by atoms with Crippen LogP contribution in [0, 0.1) is 0 Å². The third kappa shape index (κ3) is 5.09. The van der Waals surface area contributed by atoms with Crippen molar-refractivity contribution in [2.75, 3.05) is 5.32 Å². The number of rotatable bonds is 6. The van der Waals surface area contributed by atoms with Gasteiger partial charge < -0.3 is 10.6 Å². The van der Waals surface area contributed by atoms with Crippen LogP contribution in [0.3, 0.4) is 0 Å². The first kappa shape index (κ1) is 21.0. The summed E-state index contributed by atoms with van der Waals surface area (Å²) >= 11 is 0. The molecule has 1 aromatic rings. The molecule has 0 spiro atoms. The van der Waals surface area contributed by atoms with Crippen LogP contribution in [0.25, 0.3) is 0 Å². The summed E-state index contributed by atoms with van der Waals surface area (Å²) in [6.07, 6.45) is 8.70. The van der Waals surface area contributed by atoms with Crippen molar-refractivity contribution in [3.05, 3.63) is 41.9 Å². The molecule has 0 unspecified atom stereocenters. The average molecular weight is 393 g/mol. The first-order valence-electron chi connectivity index (χ1n) is 9.06. The number of carbonyl (C=O) groups excluding carboxylic acids is 1.